The molecule has 18 heavy (non-hydrogen) atoms. The monoisotopic (exact) mass is 247 g/mol. The van der Waals surface area contributed by atoms with Gasteiger partial charge in [-0.3, -0.25) is 4.98 Å². The average molecular weight is 247 g/mol. The smallest absolute Gasteiger partial charge is 0.123 e. The van der Waals surface area contributed by atoms with Crippen LogP contribution in [0.2, 0.25) is 0 Å². The fourth-order valence-electron chi connectivity index (χ4n) is 1.61. The van der Waals surface area contributed by atoms with Crippen LogP contribution in [0, 0.1) is 5.82 Å². The maximum atomic E-state index is 13.0. The van der Waals surface area contributed by atoms with E-state index in [4.69, 9.17) is 5.11 Å². The van der Waals surface area contributed by atoms with E-state index in [0.717, 1.165) is 16.8 Å². The Labute approximate surface area is 107 Å². The third kappa shape index (κ3) is 3.93. The summed E-state index contributed by atoms with van der Waals surface area (Å²) in [5, 5.41) is 9.14. The molecule has 2 rings (SSSR count). The van der Waals surface area contributed by atoms with Gasteiger partial charge in [0.1, 0.15) is 5.82 Å². The van der Waals surface area contributed by atoms with Crippen molar-refractivity contribution in [3.63, 3.8) is 0 Å². The van der Waals surface area contributed by atoms with Crippen LogP contribution in [0.4, 0.5) is 4.39 Å². The first-order chi connectivity index (χ1) is 8.79. The van der Waals surface area contributed by atoms with Gasteiger partial charge in [-0.1, -0.05) is 32.0 Å². The number of hydrogen-bond donors (Lipinski definition) is 1. The van der Waals surface area contributed by atoms with Crippen molar-refractivity contribution < 1.29 is 9.50 Å². The molecular weight excluding hydrogens is 229 g/mol. The van der Waals surface area contributed by atoms with Crippen molar-refractivity contribution in [1.29, 1.82) is 0 Å². The van der Waals surface area contributed by atoms with Gasteiger partial charge in [-0.05, 0) is 29.3 Å². The highest BCUT2D eigenvalue weighted by atomic mass is 19.1. The lowest BCUT2D eigenvalue weighted by molar-refractivity contribution is 0.280. The van der Waals surface area contributed by atoms with E-state index in [-0.39, 0.29) is 12.4 Å². The van der Waals surface area contributed by atoms with Crippen molar-refractivity contribution in [2.75, 3.05) is 0 Å². The molecule has 2 nitrogen and oxygen atoms in total. The minimum Gasteiger partial charge on any atom is -0.392 e. The molecule has 0 aliphatic carbocycles. The highest BCUT2D eigenvalue weighted by Gasteiger charge is 2.04. The van der Waals surface area contributed by atoms with E-state index in [1.54, 1.807) is 18.3 Å². The van der Waals surface area contributed by atoms with E-state index in [9.17, 15) is 4.39 Å². The molecule has 0 saturated heterocycles. The fraction of sp³-hybridized carbons (Fsp3) is 0.267. The first-order valence-electron chi connectivity index (χ1n) is 6.07. The Morgan fingerprint density at radius 3 is 2.61 bits per heavy atom. The Hall–Kier alpha value is -1.74. The molecule has 0 spiro atoms. The van der Waals surface area contributed by atoms with E-state index in [1.807, 2.05) is 26.0 Å². The van der Waals surface area contributed by atoms with Crippen LogP contribution in [0.5, 0.6) is 0 Å². The molecule has 0 fully saturated rings. The van der Waals surface area contributed by atoms with Gasteiger partial charge in [0, 0.05) is 12.6 Å². The van der Waals surface area contributed by atoms with Gasteiger partial charge in [-0.2, -0.15) is 0 Å². The molecule has 2 aromatic rings. The van der Waals surface area contributed by atoms with Gasteiger partial charge in [0.2, 0.25) is 0 Å². The molecule has 1 heterocycles. The normalized spacial score (nSPS) is 9.56. The summed E-state index contributed by atoms with van der Waals surface area (Å²) in [5.41, 5.74) is 2.43. The lowest BCUT2D eigenvalue weighted by atomic mass is 10.1. The Morgan fingerprint density at radius 1 is 1.17 bits per heavy atom. The number of pyridine rings is 1. The molecule has 0 bridgehead atoms. The highest BCUT2D eigenvalue weighted by Crippen LogP contribution is 2.12. The van der Waals surface area contributed by atoms with Crippen molar-refractivity contribution in [3.05, 3.63) is 65.2 Å². The van der Waals surface area contributed by atoms with E-state index < -0.39 is 0 Å². The molecule has 0 aliphatic rings. The zero-order valence-corrected chi connectivity index (χ0v) is 10.7. The van der Waals surface area contributed by atoms with E-state index in [0.29, 0.717) is 6.42 Å². The standard InChI is InChI=1S/C13H12FNO.C2H6/c14-12-5-1-3-10(7-12)8-13-11(9-16)4-2-6-15-13;1-2/h1-7,16H,8-9H2;1-2H3. The molecule has 0 aliphatic heterocycles. The Kier molecular flexibility index (Phi) is 6.01. The summed E-state index contributed by atoms with van der Waals surface area (Å²) >= 11 is 0. The molecular formula is C15H18FNO. The number of benzene rings is 1. The summed E-state index contributed by atoms with van der Waals surface area (Å²) in [4.78, 5) is 4.19. The van der Waals surface area contributed by atoms with Gasteiger partial charge < -0.3 is 5.11 Å². The van der Waals surface area contributed by atoms with Gasteiger partial charge >= 0.3 is 0 Å². The Bertz CT molecular complexity index is 485. The summed E-state index contributed by atoms with van der Waals surface area (Å²) in [5.74, 6) is -0.251. The van der Waals surface area contributed by atoms with Crippen molar-refractivity contribution in [1.82, 2.24) is 4.98 Å². The molecule has 1 N–H and O–H groups in total. The summed E-state index contributed by atoms with van der Waals surface area (Å²) in [6.45, 7) is 3.96. The third-order valence-corrected chi connectivity index (χ3v) is 2.42. The van der Waals surface area contributed by atoms with Crippen molar-refractivity contribution in [2.24, 2.45) is 0 Å². The number of aliphatic hydroxyl groups excluding tert-OH is 1. The summed E-state index contributed by atoms with van der Waals surface area (Å²) < 4.78 is 13.0. The first-order valence-corrected chi connectivity index (χ1v) is 6.07. The van der Waals surface area contributed by atoms with Crippen molar-refractivity contribution in [3.8, 4) is 0 Å². The van der Waals surface area contributed by atoms with Crippen LogP contribution < -0.4 is 0 Å². The highest BCUT2D eigenvalue weighted by molar-refractivity contribution is 5.27. The second-order valence-electron chi connectivity index (χ2n) is 3.57. The largest absolute Gasteiger partial charge is 0.392 e. The van der Waals surface area contributed by atoms with Crippen molar-refractivity contribution in [2.45, 2.75) is 26.9 Å². The molecule has 0 saturated carbocycles. The van der Waals surface area contributed by atoms with Crippen LogP contribution in [-0.4, -0.2) is 10.1 Å². The molecule has 0 amide bonds. The second-order valence-corrected chi connectivity index (χ2v) is 3.57. The van der Waals surface area contributed by atoms with Crippen LogP contribution in [0.3, 0.4) is 0 Å². The molecule has 1 aromatic carbocycles. The second kappa shape index (κ2) is 7.56. The Balaban J connectivity index is 0.000000771. The zero-order valence-electron chi connectivity index (χ0n) is 10.7. The quantitative estimate of drug-likeness (QED) is 0.902. The van der Waals surface area contributed by atoms with Crippen LogP contribution in [0.15, 0.2) is 42.6 Å². The van der Waals surface area contributed by atoms with Gasteiger partial charge in [0.25, 0.3) is 0 Å². The lowest BCUT2D eigenvalue weighted by Gasteiger charge is -2.05. The number of rotatable bonds is 3. The fourth-order valence-corrected chi connectivity index (χ4v) is 1.61. The summed E-state index contributed by atoms with van der Waals surface area (Å²) in [6, 6.07) is 10.0. The third-order valence-electron chi connectivity index (χ3n) is 2.42. The SMILES string of the molecule is CC.OCc1cccnc1Cc1cccc(F)c1. The van der Waals surface area contributed by atoms with E-state index >= 15 is 0 Å². The minimum absolute atomic E-state index is 0.0432. The van der Waals surface area contributed by atoms with Crippen LogP contribution in [-0.2, 0) is 13.0 Å². The maximum absolute atomic E-state index is 13.0. The average Bonchev–Trinajstić information content (AvgIpc) is 2.42. The van der Waals surface area contributed by atoms with E-state index in [1.165, 1.54) is 12.1 Å². The maximum Gasteiger partial charge on any atom is 0.123 e. The number of aromatic nitrogens is 1. The topological polar surface area (TPSA) is 33.1 Å². The number of aliphatic hydroxyl groups is 1. The van der Waals surface area contributed by atoms with Crippen LogP contribution in [0.25, 0.3) is 0 Å². The molecule has 3 heteroatoms. The van der Waals surface area contributed by atoms with Gasteiger partial charge in [0.15, 0.2) is 0 Å². The van der Waals surface area contributed by atoms with Gasteiger partial charge in [-0.15, -0.1) is 0 Å². The number of nitrogens with zero attached hydrogens (tertiary/aromatic N) is 1. The molecule has 0 atom stereocenters. The predicted molar refractivity (Wildman–Crippen MR) is 70.7 cm³/mol. The summed E-state index contributed by atoms with van der Waals surface area (Å²) in [6.07, 6.45) is 2.21. The molecule has 1 aromatic heterocycles. The minimum atomic E-state index is -0.251. The lowest BCUT2D eigenvalue weighted by Crippen LogP contribution is -1.98. The van der Waals surface area contributed by atoms with E-state index in [2.05, 4.69) is 4.98 Å². The number of halogens is 1. The van der Waals surface area contributed by atoms with Gasteiger partial charge in [-0.25, -0.2) is 4.39 Å². The van der Waals surface area contributed by atoms with Gasteiger partial charge in [0.05, 0.1) is 12.3 Å². The Morgan fingerprint density at radius 2 is 1.94 bits per heavy atom. The number of hydrogen-bond acceptors (Lipinski definition) is 2. The molecule has 96 valence electrons. The molecule has 0 unspecified atom stereocenters. The van der Waals surface area contributed by atoms with Crippen LogP contribution >= 0.6 is 0 Å². The first kappa shape index (κ1) is 14.3. The van der Waals surface area contributed by atoms with Crippen LogP contribution in [0.1, 0.15) is 30.7 Å². The molecule has 0 radical (unpaired) electrons. The summed E-state index contributed by atoms with van der Waals surface area (Å²) in [7, 11) is 0. The predicted octanol–water partition coefficient (Wildman–Crippen LogP) is 3.33. The van der Waals surface area contributed by atoms with Crippen molar-refractivity contribution >= 4 is 0 Å². The zero-order chi connectivity index (χ0) is 13.4.